The van der Waals surface area contributed by atoms with E-state index in [-0.39, 0.29) is 24.2 Å². The summed E-state index contributed by atoms with van der Waals surface area (Å²) in [6.07, 6.45) is 1.47. The minimum Gasteiger partial charge on any atom is -0.459 e. The zero-order valence-corrected chi connectivity index (χ0v) is 19.2. The highest BCUT2D eigenvalue weighted by atomic mass is 19.1. The molecule has 2 amide bonds. The Kier molecular flexibility index (Phi) is 6.80. The maximum absolute atomic E-state index is 13.3. The second kappa shape index (κ2) is 9.93. The Bertz CT molecular complexity index is 1220. The van der Waals surface area contributed by atoms with Crippen LogP contribution in [0.3, 0.4) is 0 Å². The highest BCUT2D eigenvalue weighted by Crippen LogP contribution is 2.27. The fourth-order valence-corrected chi connectivity index (χ4v) is 4.14. The van der Waals surface area contributed by atoms with E-state index in [2.05, 4.69) is 11.4 Å². The van der Waals surface area contributed by atoms with Crippen LogP contribution in [0.2, 0.25) is 0 Å². The topological polar surface area (TPSA) is 94.5 Å². The molecule has 3 heterocycles. The molecule has 34 heavy (non-hydrogen) atoms. The molecule has 1 N–H and O–H groups in total. The number of aromatic nitrogens is 1. The van der Waals surface area contributed by atoms with Crippen LogP contribution in [-0.2, 0) is 11.3 Å². The van der Waals surface area contributed by atoms with Gasteiger partial charge in [-0.25, -0.2) is 4.39 Å². The molecular formula is C25H26FN5O3. The van der Waals surface area contributed by atoms with Gasteiger partial charge in [0.25, 0.3) is 5.91 Å². The lowest BCUT2D eigenvalue weighted by Gasteiger charge is -2.33. The van der Waals surface area contributed by atoms with Crippen molar-refractivity contribution in [1.82, 2.24) is 14.4 Å². The van der Waals surface area contributed by atoms with E-state index in [0.717, 1.165) is 16.8 Å². The number of nitriles is 1. The van der Waals surface area contributed by atoms with Gasteiger partial charge in [0.1, 0.15) is 17.7 Å². The predicted molar refractivity (Wildman–Crippen MR) is 124 cm³/mol. The number of hydrogen-bond donors (Lipinski definition) is 1. The van der Waals surface area contributed by atoms with Crippen LogP contribution in [0.1, 0.15) is 32.9 Å². The Hall–Kier alpha value is -3.90. The second-order valence-electron chi connectivity index (χ2n) is 8.35. The predicted octanol–water partition coefficient (Wildman–Crippen LogP) is 3.15. The van der Waals surface area contributed by atoms with Crippen molar-refractivity contribution >= 4 is 17.6 Å². The summed E-state index contributed by atoms with van der Waals surface area (Å²) >= 11 is 0. The minimum atomic E-state index is -0.318. The van der Waals surface area contributed by atoms with Gasteiger partial charge >= 0.3 is 0 Å². The lowest BCUT2D eigenvalue weighted by Crippen LogP contribution is -2.50. The molecule has 2 aromatic heterocycles. The molecule has 176 valence electrons. The van der Waals surface area contributed by atoms with Crippen LogP contribution < -0.4 is 5.32 Å². The zero-order valence-electron chi connectivity index (χ0n) is 19.2. The first kappa shape index (κ1) is 23.3. The lowest BCUT2D eigenvalue weighted by atomic mass is 10.2. The maximum atomic E-state index is 13.3. The van der Waals surface area contributed by atoms with Gasteiger partial charge in [0.2, 0.25) is 5.91 Å². The van der Waals surface area contributed by atoms with Crippen molar-refractivity contribution in [3.05, 3.63) is 76.6 Å². The van der Waals surface area contributed by atoms with Gasteiger partial charge in [-0.1, -0.05) is 12.1 Å². The third kappa shape index (κ3) is 4.87. The second-order valence-corrected chi connectivity index (χ2v) is 8.35. The number of anilines is 1. The van der Waals surface area contributed by atoms with Gasteiger partial charge in [0.05, 0.1) is 18.4 Å². The first-order valence-electron chi connectivity index (χ1n) is 11.1. The van der Waals surface area contributed by atoms with Crippen LogP contribution in [-0.4, -0.2) is 58.9 Å². The van der Waals surface area contributed by atoms with Crippen molar-refractivity contribution in [3.63, 3.8) is 0 Å². The summed E-state index contributed by atoms with van der Waals surface area (Å²) in [4.78, 5) is 29.0. The molecule has 0 unspecified atom stereocenters. The Morgan fingerprint density at radius 3 is 2.44 bits per heavy atom. The van der Waals surface area contributed by atoms with Crippen LogP contribution in [0.5, 0.6) is 0 Å². The van der Waals surface area contributed by atoms with E-state index in [9.17, 15) is 19.2 Å². The Morgan fingerprint density at radius 2 is 1.82 bits per heavy atom. The van der Waals surface area contributed by atoms with Crippen molar-refractivity contribution in [1.29, 1.82) is 5.26 Å². The molecule has 1 fully saturated rings. The third-order valence-corrected chi connectivity index (χ3v) is 6.21. The average Bonchev–Trinajstić information content (AvgIpc) is 3.44. The fourth-order valence-electron chi connectivity index (χ4n) is 4.14. The molecule has 0 bridgehead atoms. The monoisotopic (exact) mass is 463 g/mol. The number of carbonyl (C=O) groups excluding carboxylic acids is 2. The first-order chi connectivity index (χ1) is 16.4. The van der Waals surface area contributed by atoms with Gasteiger partial charge in [-0.15, -0.1) is 0 Å². The molecule has 1 aliphatic rings. The summed E-state index contributed by atoms with van der Waals surface area (Å²) < 4.78 is 20.4. The molecule has 0 radical (unpaired) electrons. The van der Waals surface area contributed by atoms with Gasteiger partial charge in [-0.3, -0.25) is 14.5 Å². The molecule has 0 atom stereocenters. The number of furan rings is 1. The average molecular weight is 464 g/mol. The molecule has 1 aromatic carbocycles. The maximum Gasteiger partial charge on any atom is 0.289 e. The van der Waals surface area contributed by atoms with Crippen molar-refractivity contribution < 1.29 is 18.4 Å². The largest absolute Gasteiger partial charge is 0.459 e. The van der Waals surface area contributed by atoms with E-state index in [1.165, 1.54) is 18.4 Å². The van der Waals surface area contributed by atoms with E-state index in [4.69, 9.17) is 4.42 Å². The van der Waals surface area contributed by atoms with Crippen molar-refractivity contribution in [2.45, 2.75) is 20.4 Å². The van der Waals surface area contributed by atoms with E-state index >= 15 is 0 Å². The molecule has 4 rings (SSSR count). The molecule has 0 aliphatic carbocycles. The van der Waals surface area contributed by atoms with E-state index < -0.39 is 0 Å². The number of amides is 2. The number of hydrogen-bond acceptors (Lipinski definition) is 5. The van der Waals surface area contributed by atoms with Crippen molar-refractivity contribution in [2.75, 3.05) is 38.0 Å². The van der Waals surface area contributed by atoms with Gasteiger partial charge in [0.15, 0.2) is 5.76 Å². The summed E-state index contributed by atoms with van der Waals surface area (Å²) in [6, 6.07) is 11.7. The molecule has 1 aliphatic heterocycles. The SMILES string of the molecule is Cc1c(C#N)c(NC(=O)CN2CCN(C(=O)c3ccco3)CC2)n(Cc2ccc(F)cc2)c1C. The van der Waals surface area contributed by atoms with Crippen LogP contribution in [0.25, 0.3) is 0 Å². The Balaban J connectivity index is 1.42. The van der Waals surface area contributed by atoms with Crippen LogP contribution in [0.15, 0.2) is 47.1 Å². The fraction of sp³-hybridized carbons (Fsp3) is 0.320. The standard InChI is InChI=1S/C25H26FN5O3/c1-17-18(2)31(15-19-5-7-20(26)8-6-19)24(21(17)14-27)28-23(32)16-29-9-11-30(12-10-29)25(33)22-4-3-13-34-22/h3-8,13H,9-12,15-16H2,1-2H3,(H,28,32). The third-order valence-electron chi connectivity index (χ3n) is 6.21. The quantitative estimate of drug-likeness (QED) is 0.606. The van der Waals surface area contributed by atoms with Gasteiger partial charge in [0, 0.05) is 38.4 Å². The molecular weight excluding hydrogens is 437 g/mol. The van der Waals surface area contributed by atoms with E-state index in [1.807, 2.05) is 23.3 Å². The minimum absolute atomic E-state index is 0.146. The smallest absolute Gasteiger partial charge is 0.289 e. The molecule has 1 saturated heterocycles. The summed E-state index contributed by atoms with van der Waals surface area (Å²) in [6.45, 7) is 6.39. The number of halogens is 1. The summed E-state index contributed by atoms with van der Waals surface area (Å²) in [5.41, 5.74) is 2.94. The van der Waals surface area contributed by atoms with Crippen LogP contribution in [0.4, 0.5) is 10.2 Å². The number of nitrogens with zero attached hydrogens (tertiary/aromatic N) is 4. The number of nitrogens with one attached hydrogen (secondary N) is 1. The number of rotatable bonds is 6. The van der Waals surface area contributed by atoms with Gasteiger partial charge in [-0.2, -0.15) is 5.26 Å². The van der Waals surface area contributed by atoms with E-state index in [1.54, 1.807) is 29.2 Å². The summed E-state index contributed by atoms with van der Waals surface area (Å²) in [5, 5.41) is 12.6. The van der Waals surface area contributed by atoms with Gasteiger partial charge in [-0.05, 0) is 49.2 Å². The molecule has 8 nitrogen and oxygen atoms in total. The molecule has 9 heteroatoms. The lowest BCUT2D eigenvalue weighted by molar-refractivity contribution is -0.117. The Morgan fingerprint density at radius 1 is 1.12 bits per heavy atom. The van der Waals surface area contributed by atoms with Crippen molar-refractivity contribution in [3.8, 4) is 6.07 Å². The van der Waals surface area contributed by atoms with Crippen LogP contribution in [0, 0.1) is 31.0 Å². The van der Waals surface area contributed by atoms with Crippen molar-refractivity contribution in [2.24, 2.45) is 0 Å². The van der Waals surface area contributed by atoms with Gasteiger partial charge < -0.3 is 19.2 Å². The Labute approximate surface area is 197 Å². The number of carbonyl (C=O) groups is 2. The molecule has 0 saturated carbocycles. The molecule has 3 aromatic rings. The zero-order chi connectivity index (χ0) is 24.2. The molecule has 0 spiro atoms. The summed E-state index contributed by atoms with van der Waals surface area (Å²) in [5.74, 6) is 0.0419. The first-order valence-corrected chi connectivity index (χ1v) is 11.1. The van der Waals surface area contributed by atoms with Crippen LogP contribution >= 0.6 is 0 Å². The number of benzene rings is 1. The summed E-state index contributed by atoms with van der Waals surface area (Å²) in [7, 11) is 0. The van der Waals surface area contributed by atoms with E-state index in [0.29, 0.717) is 49.9 Å². The normalized spacial score (nSPS) is 14.1. The highest BCUT2D eigenvalue weighted by molar-refractivity contribution is 5.93. The number of piperazine rings is 1. The highest BCUT2D eigenvalue weighted by Gasteiger charge is 2.26.